The van der Waals surface area contributed by atoms with Crippen LogP contribution in [0, 0.1) is 0 Å². The second-order valence-corrected chi connectivity index (χ2v) is 4.56. The average Bonchev–Trinajstić information content (AvgIpc) is 2.40. The number of piperidine rings is 1. The van der Waals surface area contributed by atoms with Gasteiger partial charge < -0.3 is 15.0 Å². The van der Waals surface area contributed by atoms with E-state index >= 15 is 0 Å². The van der Waals surface area contributed by atoms with Crippen molar-refractivity contribution in [2.45, 2.75) is 19.3 Å². The number of thiocarbonyl (C=S) groups is 1. The van der Waals surface area contributed by atoms with Crippen molar-refractivity contribution in [3.05, 3.63) is 24.3 Å². The third-order valence-electron chi connectivity index (χ3n) is 2.99. The molecule has 1 aromatic rings. The van der Waals surface area contributed by atoms with Gasteiger partial charge in [-0.2, -0.15) is 0 Å². The number of nitrogens with zero attached hydrogens (tertiary/aromatic N) is 1. The first-order valence-electron chi connectivity index (χ1n) is 6.00. The maximum Gasteiger partial charge on any atom is 0.173 e. The standard InChI is InChI=1S/C13H18N2OS/c1-16-12-8-4-3-7-11(12)14-13(17)15-9-5-2-6-10-15/h3-4,7-8H,2,5-6,9-10H2,1H3,(H,14,17). The van der Waals surface area contributed by atoms with Gasteiger partial charge in [-0.15, -0.1) is 0 Å². The van der Waals surface area contributed by atoms with Gasteiger partial charge in [-0.25, -0.2) is 0 Å². The fourth-order valence-corrected chi connectivity index (χ4v) is 2.33. The molecular weight excluding hydrogens is 232 g/mol. The summed E-state index contributed by atoms with van der Waals surface area (Å²) < 4.78 is 5.29. The summed E-state index contributed by atoms with van der Waals surface area (Å²) in [7, 11) is 1.67. The summed E-state index contributed by atoms with van der Waals surface area (Å²) in [4.78, 5) is 2.23. The average molecular weight is 250 g/mol. The van der Waals surface area contributed by atoms with Gasteiger partial charge in [0.2, 0.25) is 0 Å². The SMILES string of the molecule is COc1ccccc1NC(=S)N1CCCCC1. The number of hydrogen-bond acceptors (Lipinski definition) is 2. The highest BCUT2D eigenvalue weighted by atomic mass is 32.1. The molecular formula is C13H18N2OS. The molecule has 0 aliphatic carbocycles. The largest absolute Gasteiger partial charge is 0.495 e. The van der Waals surface area contributed by atoms with Crippen LogP contribution in [0.3, 0.4) is 0 Å². The number of para-hydroxylation sites is 2. The maximum atomic E-state index is 5.42. The van der Waals surface area contributed by atoms with Crippen LogP contribution >= 0.6 is 12.2 Å². The monoisotopic (exact) mass is 250 g/mol. The molecule has 0 aromatic heterocycles. The van der Waals surface area contributed by atoms with Crippen molar-refractivity contribution in [1.82, 2.24) is 4.90 Å². The molecule has 1 heterocycles. The Kier molecular flexibility index (Phi) is 4.20. The van der Waals surface area contributed by atoms with Crippen LogP contribution < -0.4 is 10.1 Å². The van der Waals surface area contributed by atoms with Gasteiger partial charge in [0.05, 0.1) is 12.8 Å². The van der Waals surface area contributed by atoms with Gasteiger partial charge in [0.15, 0.2) is 5.11 Å². The van der Waals surface area contributed by atoms with E-state index in [9.17, 15) is 0 Å². The highest BCUT2D eigenvalue weighted by molar-refractivity contribution is 7.80. The van der Waals surface area contributed by atoms with Gasteiger partial charge in [0.25, 0.3) is 0 Å². The second kappa shape index (κ2) is 5.87. The zero-order valence-corrected chi connectivity index (χ0v) is 10.9. The van der Waals surface area contributed by atoms with Gasteiger partial charge in [-0.05, 0) is 43.6 Å². The number of likely N-dealkylation sites (tertiary alicyclic amines) is 1. The molecule has 1 aliphatic heterocycles. The normalized spacial score (nSPS) is 15.5. The number of nitrogens with one attached hydrogen (secondary N) is 1. The topological polar surface area (TPSA) is 24.5 Å². The Hall–Kier alpha value is -1.29. The summed E-state index contributed by atoms with van der Waals surface area (Å²) in [5, 5.41) is 4.06. The predicted molar refractivity (Wildman–Crippen MR) is 74.6 cm³/mol. The number of ether oxygens (including phenoxy) is 1. The molecule has 0 bridgehead atoms. The van der Waals surface area contributed by atoms with Crippen LogP contribution in [0.15, 0.2) is 24.3 Å². The number of rotatable bonds is 2. The fourth-order valence-electron chi connectivity index (χ4n) is 2.04. The van der Waals surface area contributed by atoms with Crippen molar-refractivity contribution in [2.24, 2.45) is 0 Å². The van der Waals surface area contributed by atoms with E-state index < -0.39 is 0 Å². The molecule has 1 saturated heterocycles. The van der Waals surface area contributed by atoms with Crippen LogP contribution in [0.2, 0.25) is 0 Å². The molecule has 1 fully saturated rings. The summed E-state index contributed by atoms with van der Waals surface area (Å²) >= 11 is 5.42. The van der Waals surface area contributed by atoms with E-state index in [-0.39, 0.29) is 0 Å². The Bertz CT molecular complexity index is 389. The molecule has 1 N–H and O–H groups in total. The third kappa shape index (κ3) is 3.09. The summed E-state index contributed by atoms with van der Waals surface area (Å²) in [6.45, 7) is 2.11. The van der Waals surface area contributed by atoms with Crippen molar-refractivity contribution in [3.8, 4) is 5.75 Å². The summed E-state index contributed by atoms with van der Waals surface area (Å²) in [5.74, 6) is 0.826. The van der Waals surface area contributed by atoms with Crippen molar-refractivity contribution in [1.29, 1.82) is 0 Å². The maximum absolute atomic E-state index is 5.42. The molecule has 0 unspecified atom stereocenters. The smallest absolute Gasteiger partial charge is 0.173 e. The molecule has 17 heavy (non-hydrogen) atoms. The van der Waals surface area contributed by atoms with Crippen molar-refractivity contribution in [3.63, 3.8) is 0 Å². The molecule has 4 heteroatoms. The molecule has 1 aromatic carbocycles. The first-order valence-corrected chi connectivity index (χ1v) is 6.41. The van der Waals surface area contributed by atoms with E-state index in [0.29, 0.717) is 0 Å². The Morgan fingerprint density at radius 2 is 1.94 bits per heavy atom. The molecule has 2 rings (SSSR count). The Balaban J connectivity index is 2.01. The minimum absolute atomic E-state index is 0.800. The van der Waals surface area contributed by atoms with Gasteiger partial charge in [-0.3, -0.25) is 0 Å². The molecule has 0 amide bonds. The lowest BCUT2D eigenvalue weighted by atomic mass is 10.1. The lowest BCUT2D eigenvalue weighted by Gasteiger charge is -2.29. The van der Waals surface area contributed by atoms with Gasteiger partial charge >= 0.3 is 0 Å². The quantitative estimate of drug-likeness (QED) is 0.816. The molecule has 92 valence electrons. The van der Waals surface area contributed by atoms with Crippen LogP contribution in [0.1, 0.15) is 19.3 Å². The summed E-state index contributed by atoms with van der Waals surface area (Å²) in [6, 6.07) is 7.84. The lowest BCUT2D eigenvalue weighted by Crippen LogP contribution is -2.38. The van der Waals surface area contributed by atoms with Gasteiger partial charge in [0.1, 0.15) is 5.75 Å². The Labute approximate surface area is 108 Å². The van der Waals surface area contributed by atoms with Gasteiger partial charge in [0, 0.05) is 13.1 Å². The number of methoxy groups -OCH3 is 1. The Morgan fingerprint density at radius 1 is 1.24 bits per heavy atom. The lowest BCUT2D eigenvalue weighted by molar-refractivity contribution is 0.346. The fraction of sp³-hybridized carbons (Fsp3) is 0.462. The third-order valence-corrected chi connectivity index (χ3v) is 3.35. The molecule has 0 spiro atoms. The molecule has 1 aliphatic rings. The first kappa shape index (κ1) is 12.2. The molecule has 0 atom stereocenters. The van der Waals surface area contributed by atoms with Crippen molar-refractivity contribution < 1.29 is 4.74 Å². The van der Waals surface area contributed by atoms with E-state index in [2.05, 4.69) is 10.2 Å². The van der Waals surface area contributed by atoms with Crippen LogP contribution in [-0.4, -0.2) is 30.2 Å². The zero-order valence-electron chi connectivity index (χ0n) is 10.1. The molecule has 0 radical (unpaired) electrons. The van der Waals surface area contributed by atoms with Crippen LogP contribution in [0.5, 0.6) is 5.75 Å². The highest BCUT2D eigenvalue weighted by Crippen LogP contribution is 2.23. The van der Waals surface area contributed by atoms with E-state index in [0.717, 1.165) is 29.6 Å². The summed E-state index contributed by atoms with van der Waals surface area (Å²) in [6.07, 6.45) is 3.77. The molecule has 3 nitrogen and oxygen atoms in total. The first-order chi connectivity index (χ1) is 8.31. The van der Waals surface area contributed by atoms with Crippen LogP contribution in [0.4, 0.5) is 5.69 Å². The zero-order chi connectivity index (χ0) is 12.1. The second-order valence-electron chi connectivity index (χ2n) is 4.18. The van der Waals surface area contributed by atoms with Crippen LogP contribution in [-0.2, 0) is 0 Å². The minimum Gasteiger partial charge on any atom is -0.495 e. The van der Waals surface area contributed by atoms with Crippen molar-refractivity contribution in [2.75, 3.05) is 25.5 Å². The van der Waals surface area contributed by atoms with E-state index in [1.807, 2.05) is 24.3 Å². The number of anilines is 1. The van der Waals surface area contributed by atoms with Crippen LogP contribution in [0.25, 0.3) is 0 Å². The highest BCUT2D eigenvalue weighted by Gasteiger charge is 2.14. The predicted octanol–water partition coefficient (Wildman–Crippen LogP) is 2.88. The van der Waals surface area contributed by atoms with E-state index in [1.54, 1.807) is 7.11 Å². The van der Waals surface area contributed by atoms with Crippen molar-refractivity contribution >= 4 is 23.0 Å². The van der Waals surface area contributed by atoms with E-state index in [4.69, 9.17) is 17.0 Å². The Morgan fingerprint density at radius 3 is 2.65 bits per heavy atom. The minimum atomic E-state index is 0.800. The number of benzene rings is 1. The number of hydrogen-bond donors (Lipinski definition) is 1. The van der Waals surface area contributed by atoms with E-state index in [1.165, 1.54) is 19.3 Å². The summed E-state index contributed by atoms with van der Waals surface area (Å²) in [5.41, 5.74) is 0.936. The molecule has 0 saturated carbocycles. The van der Waals surface area contributed by atoms with Gasteiger partial charge in [-0.1, -0.05) is 12.1 Å².